The Kier molecular flexibility index (Phi) is 6.65. The second-order valence-corrected chi connectivity index (χ2v) is 7.11. The van der Waals surface area contributed by atoms with Gasteiger partial charge in [-0.2, -0.15) is 0 Å². The summed E-state index contributed by atoms with van der Waals surface area (Å²) in [4.78, 5) is 28.4. The molecule has 6 nitrogen and oxygen atoms in total. The Morgan fingerprint density at radius 2 is 1.61 bits per heavy atom. The van der Waals surface area contributed by atoms with E-state index in [0.29, 0.717) is 53.3 Å². The number of amides is 2. The molecule has 1 heterocycles. The smallest absolute Gasteiger partial charge is 0.260 e. The Morgan fingerprint density at radius 3 is 2.21 bits per heavy atom. The molecule has 2 aromatic carbocycles. The van der Waals surface area contributed by atoms with Gasteiger partial charge in [0.15, 0.2) is 6.61 Å². The van der Waals surface area contributed by atoms with Gasteiger partial charge in [0.05, 0.1) is 12.1 Å². The molecule has 3 rings (SSSR count). The summed E-state index contributed by atoms with van der Waals surface area (Å²) >= 11 is 11.9. The first-order chi connectivity index (χ1) is 13.5. The predicted molar refractivity (Wildman–Crippen MR) is 107 cm³/mol. The molecular formula is C20H20Cl2N2O4. The van der Waals surface area contributed by atoms with E-state index in [-0.39, 0.29) is 18.4 Å². The van der Waals surface area contributed by atoms with Crippen LogP contribution in [-0.4, -0.2) is 61.5 Å². The molecule has 1 saturated heterocycles. The fourth-order valence-corrected chi connectivity index (χ4v) is 3.36. The third-order valence-corrected chi connectivity index (χ3v) is 5.03. The van der Waals surface area contributed by atoms with E-state index in [0.717, 1.165) is 0 Å². The number of halogens is 2. The molecule has 0 bridgehead atoms. The number of methoxy groups -OCH3 is 1. The number of carbonyl (C=O) groups excluding carboxylic acids is 2. The molecule has 0 aliphatic carbocycles. The van der Waals surface area contributed by atoms with E-state index in [4.69, 9.17) is 32.7 Å². The van der Waals surface area contributed by atoms with Gasteiger partial charge in [-0.3, -0.25) is 9.59 Å². The van der Waals surface area contributed by atoms with Crippen molar-refractivity contribution in [1.82, 2.24) is 9.80 Å². The van der Waals surface area contributed by atoms with Crippen molar-refractivity contribution < 1.29 is 19.1 Å². The monoisotopic (exact) mass is 422 g/mol. The van der Waals surface area contributed by atoms with Crippen LogP contribution in [0.3, 0.4) is 0 Å². The van der Waals surface area contributed by atoms with Crippen molar-refractivity contribution in [2.45, 2.75) is 0 Å². The van der Waals surface area contributed by atoms with Gasteiger partial charge in [0.1, 0.15) is 11.5 Å². The Balaban J connectivity index is 1.49. The molecule has 1 aliphatic rings. The quantitative estimate of drug-likeness (QED) is 0.740. The third-order valence-electron chi connectivity index (χ3n) is 4.50. The number of hydrogen-bond donors (Lipinski definition) is 0. The van der Waals surface area contributed by atoms with Crippen molar-refractivity contribution in [2.75, 3.05) is 39.9 Å². The molecular weight excluding hydrogens is 403 g/mol. The van der Waals surface area contributed by atoms with Crippen LogP contribution in [0.5, 0.6) is 11.5 Å². The fraction of sp³-hybridized carbons (Fsp3) is 0.300. The lowest BCUT2D eigenvalue weighted by Crippen LogP contribution is -2.51. The molecule has 0 radical (unpaired) electrons. The zero-order valence-corrected chi connectivity index (χ0v) is 16.9. The van der Waals surface area contributed by atoms with E-state index in [1.165, 1.54) is 0 Å². The minimum atomic E-state index is -0.150. The van der Waals surface area contributed by atoms with Gasteiger partial charge >= 0.3 is 0 Å². The Labute approximate surface area is 173 Å². The van der Waals surface area contributed by atoms with Gasteiger partial charge in [0.2, 0.25) is 0 Å². The van der Waals surface area contributed by atoms with Crippen molar-refractivity contribution in [3.05, 3.63) is 58.1 Å². The van der Waals surface area contributed by atoms with Crippen LogP contribution in [0.1, 0.15) is 10.4 Å². The molecule has 2 amide bonds. The van der Waals surface area contributed by atoms with E-state index >= 15 is 0 Å². The molecule has 148 valence electrons. The van der Waals surface area contributed by atoms with Gasteiger partial charge in [-0.1, -0.05) is 23.2 Å². The van der Waals surface area contributed by atoms with E-state index in [9.17, 15) is 9.59 Å². The van der Waals surface area contributed by atoms with Gasteiger partial charge in [-0.05, 0) is 42.5 Å². The van der Waals surface area contributed by atoms with Crippen molar-refractivity contribution in [2.24, 2.45) is 0 Å². The zero-order chi connectivity index (χ0) is 20.1. The van der Waals surface area contributed by atoms with Gasteiger partial charge in [-0.25, -0.2) is 0 Å². The molecule has 8 heteroatoms. The summed E-state index contributed by atoms with van der Waals surface area (Å²) in [5.41, 5.74) is 0.598. The minimum absolute atomic E-state index is 0.0565. The highest BCUT2D eigenvalue weighted by atomic mass is 35.5. The van der Waals surface area contributed by atoms with Gasteiger partial charge < -0.3 is 19.3 Å². The molecule has 0 saturated carbocycles. The van der Waals surface area contributed by atoms with Crippen LogP contribution in [-0.2, 0) is 4.79 Å². The van der Waals surface area contributed by atoms with Crippen LogP contribution in [0.15, 0.2) is 42.5 Å². The SMILES string of the molecule is COc1ccc(C(=O)N2CCN(C(=O)COc3ccc(Cl)cc3Cl)CC2)cc1. The molecule has 0 aromatic heterocycles. The normalized spacial score (nSPS) is 14.0. The molecule has 0 N–H and O–H groups in total. The standard InChI is InChI=1S/C20H20Cl2N2O4/c1-27-16-5-2-14(3-6-16)20(26)24-10-8-23(9-11-24)19(25)13-28-18-7-4-15(21)12-17(18)22/h2-7,12H,8-11,13H2,1H3. The van der Waals surface area contributed by atoms with Crippen molar-refractivity contribution in [3.63, 3.8) is 0 Å². The lowest BCUT2D eigenvalue weighted by Gasteiger charge is -2.34. The van der Waals surface area contributed by atoms with Crippen LogP contribution < -0.4 is 9.47 Å². The summed E-state index contributed by atoms with van der Waals surface area (Å²) in [6.07, 6.45) is 0. The minimum Gasteiger partial charge on any atom is -0.497 e. The van der Waals surface area contributed by atoms with E-state index < -0.39 is 0 Å². The number of benzene rings is 2. The largest absolute Gasteiger partial charge is 0.497 e. The fourth-order valence-electron chi connectivity index (χ4n) is 2.90. The molecule has 0 atom stereocenters. The highest BCUT2D eigenvalue weighted by Crippen LogP contribution is 2.27. The number of nitrogens with zero attached hydrogens (tertiary/aromatic N) is 2. The van der Waals surface area contributed by atoms with Gasteiger partial charge in [0.25, 0.3) is 11.8 Å². The predicted octanol–water partition coefficient (Wildman–Crippen LogP) is 3.37. The van der Waals surface area contributed by atoms with Crippen LogP contribution >= 0.6 is 23.2 Å². The Morgan fingerprint density at radius 1 is 0.964 bits per heavy atom. The maximum Gasteiger partial charge on any atom is 0.260 e. The summed E-state index contributed by atoms with van der Waals surface area (Å²) in [5, 5.41) is 0.858. The molecule has 2 aromatic rings. The molecule has 28 heavy (non-hydrogen) atoms. The maximum absolute atomic E-state index is 12.6. The third kappa shape index (κ3) is 4.88. The van der Waals surface area contributed by atoms with Gasteiger partial charge in [0, 0.05) is 36.8 Å². The summed E-state index contributed by atoms with van der Waals surface area (Å²) in [7, 11) is 1.58. The van der Waals surface area contributed by atoms with Crippen molar-refractivity contribution in [1.29, 1.82) is 0 Å². The topological polar surface area (TPSA) is 59.1 Å². The summed E-state index contributed by atoms with van der Waals surface area (Å²) in [6.45, 7) is 1.74. The maximum atomic E-state index is 12.6. The molecule has 0 spiro atoms. The Bertz CT molecular complexity index is 850. The van der Waals surface area contributed by atoms with E-state index in [2.05, 4.69) is 0 Å². The zero-order valence-electron chi connectivity index (χ0n) is 15.4. The van der Waals surface area contributed by atoms with Gasteiger partial charge in [-0.15, -0.1) is 0 Å². The summed E-state index contributed by atoms with van der Waals surface area (Å²) < 4.78 is 10.6. The van der Waals surface area contributed by atoms with Crippen LogP contribution in [0.4, 0.5) is 0 Å². The number of rotatable bonds is 5. The summed E-state index contributed by atoms with van der Waals surface area (Å²) in [6, 6.07) is 11.8. The molecule has 0 unspecified atom stereocenters. The lowest BCUT2D eigenvalue weighted by molar-refractivity contribution is -0.134. The number of hydrogen-bond acceptors (Lipinski definition) is 4. The first kappa shape index (κ1) is 20.3. The highest BCUT2D eigenvalue weighted by Gasteiger charge is 2.25. The van der Waals surface area contributed by atoms with Crippen LogP contribution in [0, 0.1) is 0 Å². The molecule has 1 fully saturated rings. The van der Waals surface area contributed by atoms with E-state index in [1.54, 1.807) is 59.4 Å². The highest BCUT2D eigenvalue weighted by molar-refractivity contribution is 6.35. The Hall–Kier alpha value is -2.44. The number of carbonyl (C=O) groups is 2. The first-order valence-corrected chi connectivity index (χ1v) is 9.52. The van der Waals surface area contributed by atoms with Crippen LogP contribution in [0.25, 0.3) is 0 Å². The first-order valence-electron chi connectivity index (χ1n) is 8.77. The summed E-state index contributed by atoms with van der Waals surface area (Å²) in [5.74, 6) is 0.905. The van der Waals surface area contributed by atoms with E-state index in [1.807, 2.05) is 0 Å². The van der Waals surface area contributed by atoms with Crippen molar-refractivity contribution in [3.8, 4) is 11.5 Å². The lowest BCUT2D eigenvalue weighted by atomic mass is 10.1. The van der Waals surface area contributed by atoms with Crippen LogP contribution in [0.2, 0.25) is 10.0 Å². The molecule has 1 aliphatic heterocycles. The average molecular weight is 423 g/mol. The second-order valence-electron chi connectivity index (χ2n) is 6.26. The second kappa shape index (κ2) is 9.17. The number of piperazine rings is 1. The van der Waals surface area contributed by atoms with Crippen molar-refractivity contribution >= 4 is 35.0 Å². The number of ether oxygens (including phenoxy) is 2. The average Bonchev–Trinajstić information content (AvgIpc) is 2.72.